The Morgan fingerprint density at radius 2 is 1.65 bits per heavy atom. The summed E-state index contributed by atoms with van der Waals surface area (Å²) in [7, 11) is -3.46. The molecule has 1 N–H and O–H groups in total. The third-order valence-electron chi connectivity index (χ3n) is 2.53. The maximum atomic E-state index is 12.0. The van der Waals surface area contributed by atoms with Crippen molar-refractivity contribution in [1.29, 1.82) is 0 Å². The molecule has 0 aliphatic heterocycles. The van der Waals surface area contributed by atoms with E-state index in [1.165, 1.54) is 0 Å². The second-order valence-corrected chi connectivity index (χ2v) is 7.03. The van der Waals surface area contributed by atoms with Crippen LogP contribution in [0.25, 0.3) is 0 Å². The van der Waals surface area contributed by atoms with Gasteiger partial charge < -0.3 is 4.74 Å². The van der Waals surface area contributed by atoms with Gasteiger partial charge in [-0.1, -0.05) is 18.2 Å². The lowest BCUT2D eigenvalue weighted by atomic mass is 10.3. The average Bonchev–Trinajstić information content (AvgIpc) is 2.45. The number of halogens is 1. The Morgan fingerprint density at radius 1 is 1.00 bits per heavy atom. The summed E-state index contributed by atoms with van der Waals surface area (Å²) in [6, 6.07) is 16.0. The van der Waals surface area contributed by atoms with Crippen molar-refractivity contribution in [3.05, 3.63) is 58.2 Å². The van der Waals surface area contributed by atoms with Crippen LogP contribution in [0.5, 0.6) is 5.75 Å². The van der Waals surface area contributed by atoms with Gasteiger partial charge >= 0.3 is 0 Å². The predicted octanol–water partition coefficient (Wildman–Crippen LogP) is 2.65. The van der Waals surface area contributed by atoms with Crippen LogP contribution in [0, 0.1) is 3.57 Å². The topological polar surface area (TPSA) is 55.4 Å². The molecule has 2 aromatic rings. The number of hydrogen-bond acceptors (Lipinski definition) is 3. The van der Waals surface area contributed by atoms with Crippen LogP contribution in [0.4, 0.5) is 0 Å². The summed E-state index contributed by atoms with van der Waals surface area (Å²) >= 11 is 2.13. The molecule has 20 heavy (non-hydrogen) atoms. The van der Waals surface area contributed by atoms with Crippen LogP contribution < -0.4 is 9.46 Å². The van der Waals surface area contributed by atoms with E-state index in [2.05, 4.69) is 27.3 Å². The zero-order valence-corrected chi connectivity index (χ0v) is 13.6. The summed E-state index contributed by atoms with van der Waals surface area (Å²) in [5.74, 6) is 0.723. The Hall–Kier alpha value is -1.12. The van der Waals surface area contributed by atoms with Crippen molar-refractivity contribution < 1.29 is 13.2 Å². The summed E-state index contributed by atoms with van der Waals surface area (Å²) in [6.45, 7) is 0.511. The molecule has 0 bridgehead atoms. The van der Waals surface area contributed by atoms with Gasteiger partial charge in [0.1, 0.15) is 12.4 Å². The summed E-state index contributed by atoms with van der Waals surface area (Å²) in [6.07, 6.45) is 0. The minimum absolute atomic E-state index is 0.225. The molecule has 0 saturated carbocycles. The molecule has 0 saturated heterocycles. The van der Waals surface area contributed by atoms with Crippen molar-refractivity contribution in [1.82, 2.24) is 4.72 Å². The van der Waals surface area contributed by atoms with E-state index in [0.29, 0.717) is 0 Å². The fourth-order valence-corrected chi connectivity index (χ4v) is 2.93. The molecule has 0 aliphatic carbocycles. The fraction of sp³-hybridized carbons (Fsp3) is 0.143. The van der Waals surface area contributed by atoms with E-state index in [9.17, 15) is 8.42 Å². The van der Waals surface area contributed by atoms with Crippen LogP contribution in [0.2, 0.25) is 0 Å². The van der Waals surface area contributed by atoms with E-state index < -0.39 is 10.0 Å². The number of sulfonamides is 1. The highest BCUT2D eigenvalue weighted by Gasteiger charge is 2.12. The molecule has 0 spiro atoms. The highest BCUT2D eigenvalue weighted by Crippen LogP contribution is 2.12. The van der Waals surface area contributed by atoms with Gasteiger partial charge in [-0.25, -0.2) is 13.1 Å². The first-order chi connectivity index (χ1) is 9.58. The number of nitrogens with one attached hydrogen (secondary N) is 1. The zero-order chi connectivity index (χ0) is 14.4. The van der Waals surface area contributed by atoms with Gasteiger partial charge in [0.25, 0.3) is 0 Å². The molecule has 0 aromatic heterocycles. The van der Waals surface area contributed by atoms with Crippen LogP contribution in [0.1, 0.15) is 0 Å². The van der Waals surface area contributed by atoms with Crippen LogP contribution in [-0.2, 0) is 10.0 Å². The third kappa shape index (κ3) is 4.46. The van der Waals surface area contributed by atoms with Crippen molar-refractivity contribution in [2.75, 3.05) is 13.2 Å². The zero-order valence-electron chi connectivity index (χ0n) is 10.6. The molecular weight excluding hydrogens is 389 g/mol. The molecule has 6 heteroatoms. The second kappa shape index (κ2) is 7.05. The van der Waals surface area contributed by atoms with E-state index in [1.807, 2.05) is 30.3 Å². The number of ether oxygens (including phenoxy) is 1. The molecule has 4 nitrogen and oxygen atoms in total. The van der Waals surface area contributed by atoms with E-state index in [0.717, 1.165) is 9.32 Å². The van der Waals surface area contributed by atoms with Gasteiger partial charge in [-0.15, -0.1) is 0 Å². The summed E-state index contributed by atoms with van der Waals surface area (Å²) < 4.78 is 32.9. The van der Waals surface area contributed by atoms with Crippen molar-refractivity contribution in [2.45, 2.75) is 4.90 Å². The molecule has 0 unspecified atom stereocenters. The first-order valence-corrected chi connectivity index (χ1v) is 8.57. The Balaban J connectivity index is 1.85. The highest BCUT2D eigenvalue weighted by molar-refractivity contribution is 14.1. The first-order valence-electron chi connectivity index (χ1n) is 6.01. The molecule has 0 aliphatic rings. The van der Waals surface area contributed by atoms with Crippen molar-refractivity contribution >= 4 is 32.6 Å². The smallest absolute Gasteiger partial charge is 0.240 e. The summed E-state index contributed by atoms with van der Waals surface area (Å²) in [5.41, 5.74) is 0. The second-order valence-electron chi connectivity index (χ2n) is 4.01. The molecule has 0 amide bonds. The molecule has 0 radical (unpaired) electrons. The lowest BCUT2D eigenvalue weighted by molar-refractivity contribution is 0.323. The lowest BCUT2D eigenvalue weighted by Crippen LogP contribution is -2.28. The van der Waals surface area contributed by atoms with Gasteiger partial charge in [0, 0.05) is 10.1 Å². The van der Waals surface area contributed by atoms with Gasteiger partial charge in [0.2, 0.25) is 10.0 Å². The van der Waals surface area contributed by atoms with Gasteiger partial charge in [0.05, 0.1) is 4.90 Å². The average molecular weight is 403 g/mol. The van der Waals surface area contributed by atoms with E-state index >= 15 is 0 Å². The first kappa shape index (κ1) is 15.3. The maximum Gasteiger partial charge on any atom is 0.240 e. The van der Waals surface area contributed by atoms with Crippen molar-refractivity contribution in [3.8, 4) is 5.75 Å². The van der Waals surface area contributed by atoms with Crippen molar-refractivity contribution in [2.24, 2.45) is 0 Å². The summed E-state index contributed by atoms with van der Waals surface area (Å²) in [5, 5.41) is 0. The quantitative estimate of drug-likeness (QED) is 0.596. The number of para-hydroxylation sites is 1. The Kier molecular flexibility index (Phi) is 5.38. The van der Waals surface area contributed by atoms with Crippen LogP contribution in [0.3, 0.4) is 0 Å². The molecule has 2 rings (SSSR count). The molecule has 0 heterocycles. The van der Waals surface area contributed by atoms with Crippen LogP contribution in [-0.4, -0.2) is 21.6 Å². The number of rotatable bonds is 6. The van der Waals surface area contributed by atoms with Crippen LogP contribution in [0.15, 0.2) is 59.5 Å². The molecule has 2 aromatic carbocycles. The fourth-order valence-electron chi connectivity index (χ4n) is 1.56. The van der Waals surface area contributed by atoms with Crippen molar-refractivity contribution in [3.63, 3.8) is 0 Å². The lowest BCUT2D eigenvalue weighted by Gasteiger charge is -2.08. The van der Waals surface area contributed by atoms with Crippen LogP contribution >= 0.6 is 22.6 Å². The van der Waals surface area contributed by atoms with E-state index in [-0.39, 0.29) is 18.0 Å². The predicted molar refractivity (Wildman–Crippen MR) is 86.3 cm³/mol. The minimum atomic E-state index is -3.46. The Labute approximate surface area is 132 Å². The molecule has 106 valence electrons. The SMILES string of the molecule is O=S(=O)(NCCOc1ccccc1)c1ccc(I)cc1. The Bertz CT molecular complexity index is 642. The minimum Gasteiger partial charge on any atom is -0.492 e. The largest absolute Gasteiger partial charge is 0.492 e. The normalized spacial score (nSPS) is 11.2. The van der Waals surface area contributed by atoms with E-state index in [4.69, 9.17) is 4.74 Å². The Morgan fingerprint density at radius 3 is 2.30 bits per heavy atom. The highest BCUT2D eigenvalue weighted by atomic mass is 127. The van der Waals surface area contributed by atoms with E-state index in [1.54, 1.807) is 24.3 Å². The van der Waals surface area contributed by atoms with Gasteiger partial charge in [-0.3, -0.25) is 0 Å². The third-order valence-corrected chi connectivity index (χ3v) is 4.73. The summed E-state index contributed by atoms with van der Waals surface area (Å²) in [4.78, 5) is 0.262. The van der Waals surface area contributed by atoms with Gasteiger partial charge in [0.15, 0.2) is 0 Å². The molecular formula is C14H14INO3S. The van der Waals surface area contributed by atoms with Gasteiger partial charge in [-0.2, -0.15) is 0 Å². The number of benzene rings is 2. The number of hydrogen-bond donors (Lipinski definition) is 1. The van der Waals surface area contributed by atoms with Gasteiger partial charge in [-0.05, 0) is 59.0 Å². The standard InChI is InChI=1S/C14H14INO3S/c15-12-6-8-14(9-7-12)20(17,18)16-10-11-19-13-4-2-1-3-5-13/h1-9,16H,10-11H2. The monoisotopic (exact) mass is 403 g/mol. The molecule has 0 fully saturated rings. The maximum absolute atomic E-state index is 12.0. The molecule has 0 atom stereocenters.